The zero-order chi connectivity index (χ0) is 23.3. The van der Waals surface area contributed by atoms with E-state index in [-0.39, 0.29) is 30.0 Å². The van der Waals surface area contributed by atoms with E-state index in [1.165, 1.54) is 23.1 Å². The number of nitrogens with zero attached hydrogens (tertiary/aromatic N) is 2. The Bertz CT molecular complexity index is 1080. The fourth-order valence-electron chi connectivity index (χ4n) is 3.75. The number of ketones is 1. The van der Waals surface area contributed by atoms with Gasteiger partial charge in [-0.25, -0.2) is 0 Å². The maximum Gasteiger partial charge on any atom is 0.303 e. The number of non-ortho nitro benzene ring substituents is 1. The van der Waals surface area contributed by atoms with Crippen LogP contribution in [-0.4, -0.2) is 44.2 Å². The predicted octanol–water partition coefficient (Wildman–Crippen LogP) is 3.66. The van der Waals surface area contributed by atoms with Crippen molar-refractivity contribution in [3.05, 3.63) is 81.4 Å². The molecule has 2 aromatic carbocycles. The molecular formula is C23H22N2O7. The van der Waals surface area contributed by atoms with Gasteiger partial charge in [-0.05, 0) is 18.4 Å². The summed E-state index contributed by atoms with van der Waals surface area (Å²) in [4.78, 5) is 48.4. The number of unbranched alkanes of at least 4 members (excludes halogenated alkanes) is 2. The fraction of sp³-hybridized carbons (Fsp3) is 0.261. The topological polar surface area (TPSA) is 138 Å². The van der Waals surface area contributed by atoms with E-state index >= 15 is 0 Å². The van der Waals surface area contributed by atoms with E-state index in [1.807, 2.05) is 0 Å². The molecule has 0 radical (unpaired) electrons. The summed E-state index contributed by atoms with van der Waals surface area (Å²) >= 11 is 0. The summed E-state index contributed by atoms with van der Waals surface area (Å²) in [6.07, 6.45) is 1.39. The molecule has 2 aromatic rings. The van der Waals surface area contributed by atoms with Crippen molar-refractivity contribution in [2.75, 3.05) is 6.54 Å². The maximum atomic E-state index is 12.9. The molecule has 1 fully saturated rings. The lowest BCUT2D eigenvalue weighted by Crippen LogP contribution is -2.30. The summed E-state index contributed by atoms with van der Waals surface area (Å²) in [6, 6.07) is 12.9. The number of aliphatic hydroxyl groups excluding tert-OH is 1. The smallest absolute Gasteiger partial charge is 0.303 e. The van der Waals surface area contributed by atoms with Gasteiger partial charge in [0.1, 0.15) is 5.76 Å². The lowest BCUT2D eigenvalue weighted by atomic mass is 9.95. The molecule has 2 N–H and O–H groups in total. The Labute approximate surface area is 183 Å². The Morgan fingerprint density at radius 2 is 1.72 bits per heavy atom. The van der Waals surface area contributed by atoms with E-state index < -0.39 is 28.6 Å². The van der Waals surface area contributed by atoms with Crippen molar-refractivity contribution in [1.82, 2.24) is 4.90 Å². The Kier molecular flexibility index (Phi) is 6.99. The maximum absolute atomic E-state index is 12.9. The molecule has 1 amide bonds. The second-order valence-electron chi connectivity index (χ2n) is 7.42. The molecule has 0 spiro atoms. The molecular weight excluding hydrogens is 416 g/mol. The SMILES string of the molecule is O=C(O)CCCCCN1C(=O)C(=O)C(=C(O)c2ccccc2)C1c1cccc([N+](=O)[O-])c1. The van der Waals surface area contributed by atoms with Gasteiger partial charge in [0.15, 0.2) is 0 Å². The summed E-state index contributed by atoms with van der Waals surface area (Å²) < 4.78 is 0. The molecule has 1 atom stereocenters. The zero-order valence-corrected chi connectivity index (χ0v) is 17.1. The lowest BCUT2D eigenvalue weighted by molar-refractivity contribution is -0.384. The number of likely N-dealkylation sites (tertiary alicyclic amines) is 1. The standard InChI is InChI=1S/C23H22N2O7/c26-18(27)12-5-2-6-13-24-20(16-10-7-11-17(14-16)25(31)32)19(22(29)23(24)30)21(28)15-8-3-1-4-9-15/h1,3-4,7-11,14,20,28H,2,5-6,12-13H2,(H,26,27). The van der Waals surface area contributed by atoms with E-state index in [4.69, 9.17) is 5.11 Å². The van der Waals surface area contributed by atoms with Gasteiger partial charge < -0.3 is 15.1 Å². The molecule has 9 nitrogen and oxygen atoms in total. The van der Waals surface area contributed by atoms with Crippen LogP contribution in [0, 0.1) is 10.1 Å². The van der Waals surface area contributed by atoms with Gasteiger partial charge in [-0.3, -0.25) is 24.5 Å². The highest BCUT2D eigenvalue weighted by atomic mass is 16.6. The number of aliphatic carboxylic acids is 1. The normalized spacial score (nSPS) is 17.5. The minimum Gasteiger partial charge on any atom is -0.507 e. The van der Waals surface area contributed by atoms with Crippen molar-refractivity contribution < 1.29 is 29.5 Å². The molecule has 0 saturated carbocycles. The lowest BCUT2D eigenvalue weighted by Gasteiger charge is -2.25. The number of carboxylic acids is 1. The molecule has 3 rings (SSSR count). The van der Waals surface area contributed by atoms with Gasteiger partial charge in [0, 0.05) is 30.7 Å². The number of aliphatic hydroxyl groups is 1. The number of carboxylic acid groups (broad SMARTS) is 1. The Hall–Kier alpha value is -4.01. The monoisotopic (exact) mass is 438 g/mol. The molecule has 0 aromatic heterocycles. The first-order valence-corrected chi connectivity index (χ1v) is 10.1. The van der Waals surface area contributed by atoms with Crippen molar-refractivity contribution in [2.24, 2.45) is 0 Å². The summed E-state index contributed by atoms with van der Waals surface area (Å²) in [5.74, 6) is -2.94. The molecule has 9 heteroatoms. The molecule has 1 aliphatic rings. The molecule has 0 bridgehead atoms. The van der Waals surface area contributed by atoms with Crippen molar-refractivity contribution in [2.45, 2.75) is 31.7 Å². The fourth-order valence-corrected chi connectivity index (χ4v) is 3.75. The number of Topliss-reactive ketones (excluding diaryl/α,β-unsaturated/α-hetero) is 1. The first kappa shape index (κ1) is 22.7. The third kappa shape index (κ3) is 4.83. The minimum absolute atomic E-state index is 0.00112. The quantitative estimate of drug-likeness (QED) is 0.152. The molecule has 0 aliphatic carbocycles. The first-order chi connectivity index (χ1) is 15.3. The summed E-state index contributed by atoms with van der Waals surface area (Å²) in [7, 11) is 0. The van der Waals surface area contributed by atoms with Crippen LogP contribution in [0.1, 0.15) is 42.9 Å². The molecule has 1 heterocycles. The van der Waals surface area contributed by atoms with Crippen LogP contribution < -0.4 is 0 Å². The van der Waals surface area contributed by atoms with Crippen molar-refractivity contribution in [3.63, 3.8) is 0 Å². The number of hydrogen-bond acceptors (Lipinski definition) is 6. The van der Waals surface area contributed by atoms with Crippen molar-refractivity contribution >= 4 is 29.1 Å². The Morgan fingerprint density at radius 3 is 2.38 bits per heavy atom. The Morgan fingerprint density at radius 1 is 1.00 bits per heavy atom. The third-order valence-corrected chi connectivity index (χ3v) is 5.27. The highest BCUT2D eigenvalue weighted by Crippen LogP contribution is 2.40. The van der Waals surface area contributed by atoms with Crippen molar-refractivity contribution in [1.29, 1.82) is 0 Å². The highest BCUT2D eigenvalue weighted by molar-refractivity contribution is 6.46. The van der Waals surface area contributed by atoms with Gasteiger partial charge >= 0.3 is 5.97 Å². The van der Waals surface area contributed by atoms with Crippen LogP contribution in [0.15, 0.2) is 60.2 Å². The summed E-state index contributed by atoms with van der Waals surface area (Å²) in [5, 5.41) is 30.9. The second kappa shape index (κ2) is 9.86. The van der Waals surface area contributed by atoms with Crippen molar-refractivity contribution in [3.8, 4) is 0 Å². The number of nitro groups is 1. The average molecular weight is 438 g/mol. The van der Waals surface area contributed by atoms with Crippen LogP contribution in [0.25, 0.3) is 5.76 Å². The van der Waals surface area contributed by atoms with E-state index in [9.17, 15) is 29.6 Å². The minimum atomic E-state index is -0.991. The molecule has 1 saturated heterocycles. The number of carbonyl (C=O) groups is 3. The summed E-state index contributed by atoms with van der Waals surface area (Å²) in [6.45, 7) is 0.142. The number of benzene rings is 2. The molecule has 32 heavy (non-hydrogen) atoms. The van der Waals surface area contributed by atoms with Gasteiger partial charge in [0.05, 0.1) is 16.5 Å². The highest BCUT2D eigenvalue weighted by Gasteiger charge is 2.46. The zero-order valence-electron chi connectivity index (χ0n) is 17.1. The average Bonchev–Trinajstić information content (AvgIpc) is 3.03. The third-order valence-electron chi connectivity index (χ3n) is 5.27. The summed E-state index contributed by atoms with van der Waals surface area (Å²) in [5.41, 5.74) is 0.352. The van der Waals surface area contributed by atoms with E-state index in [0.29, 0.717) is 30.4 Å². The number of hydrogen-bond donors (Lipinski definition) is 2. The van der Waals surface area contributed by atoms with Gasteiger partial charge in [-0.2, -0.15) is 0 Å². The number of nitro benzene ring substituents is 1. The van der Waals surface area contributed by atoms with Gasteiger partial charge in [0.2, 0.25) is 0 Å². The van der Waals surface area contributed by atoms with Gasteiger partial charge in [-0.1, -0.05) is 48.9 Å². The van der Waals surface area contributed by atoms with Gasteiger partial charge in [0.25, 0.3) is 17.4 Å². The van der Waals surface area contributed by atoms with E-state index in [0.717, 1.165) is 0 Å². The van der Waals surface area contributed by atoms with Gasteiger partial charge in [-0.15, -0.1) is 0 Å². The van der Waals surface area contributed by atoms with E-state index in [1.54, 1.807) is 36.4 Å². The van der Waals surface area contributed by atoms with Crippen LogP contribution in [0.5, 0.6) is 0 Å². The number of amides is 1. The molecule has 1 aliphatic heterocycles. The van der Waals surface area contributed by atoms with Crippen LogP contribution in [0.2, 0.25) is 0 Å². The number of rotatable bonds is 9. The van der Waals surface area contributed by atoms with Crippen LogP contribution >= 0.6 is 0 Å². The van der Waals surface area contributed by atoms with Crippen LogP contribution in [0.3, 0.4) is 0 Å². The number of carbonyl (C=O) groups excluding carboxylic acids is 2. The molecule has 166 valence electrons. The Balaban J connectivity index is 2.01. The van der Waals surface area contributed by atoms with Crippen LogP contribution in [0.4, 0.5) is 5.69 Å². The predicted molar refractivity (Wildman–Crippen MR) is 115 cm³/mol. The largest absolute Gasteiger partial charge is 0.507 e. The first-order valence-electron chi connectivity index (χ1n) is 10.1. The molecule has 1 unspecified atom stereocenters. The van der Waals surface area contributed by atoms with Crippen LogP contribution in [-0.2, 0) is 14.4 Å². The van der Waals surface area contributed by atoms with E-state index in [2.05, 4.69) is 0 Å². The second-order valence-corrected chi connectivity index (χ2v) is 7.42.